The first-order valence-corrected chi connectivity index (χ1v) is 7.37. The first-order chi connectivity index (χ1) is 8.54. The van der Waals surface area contributed by atoms with E-state index in [4.69, 9.17) is 0 Å². The Balaban J connectivity index is 2.52. The first kappa shape index (κ1) is 15.2. The summed E-state index contributed by atoms with van der Waals surface area (Å²) in [5.41, 5.74) is 1.12. The minimum absolute atomic E-state index is 0.0434. The van der Waals surface area contributed by atoms with Crippen molar-refractivity contribution in [1.82, 2.24) is 5.32 Å². The molecule has 0 fully saturated rings. The van der Waals surface area contributed by atoms with Gasteiger partial charge in [-0.1, -0.05) is 60.8 Å². The first-order valence-electron chi connectivity index (χ1n) is 6.58. The van der Waals surface area contributed by atoms with Gasteiger partial charge in [0.2, 0.25) is 5.91 Å². The monoisotopic (exact) mass is 311 g/mol. The highest BCUT2D eigenvalue weighted by Crippen LogP contribution is 2.23. The summed E-state index contributed by atoms with van der Waals surface area (Å²) >= 11 is 3.51. The Morgan fingerprint density at radius 1 is 1.33 bits per heavy atom. The van der Waals surface area contributed by atoms with E-state index in [0.717, 1.165) is 22.9 Å². The highest BCUT2D eigenvalue weighted by molar-refractivity contribution is 9.10. The molecule has 0 heterocycles. The van der Waals surface area contributed by atoms with Gasteiger partial charge < -0.3 is 5.32 Å². The van der Waals surface area contributed by atoms with Gasteiger partial charge in [0.25, 0.3) is 0 Å². The quantitative estimate of drug-likeness (QED) is 0.826. The van der Waals surface area contributed by atoms with Gasteiger partial charge in [-0.05, 0) is 24.5 Å². The van der Waals surface area contributed by atoms with Crippen molar-refractivity contribution in [2.24, 2.45) is 5.92 Å². The van der Waals surface area contributed by atoms with E-state index < -0.39 is 0 Å². The third-order valence-electron chi connectivity index (χ3n) is 3.06. The normalized spacial score (nSPS) is 14.0. The predicted molar refractivity (Wildman–Crippen MR) is 79.4 cm³/mol. The van der Waals surface area contributed by atoms with E-state index in [2.05, 4.69) is 35.1 Å². The lowest BCUT2D eigenvalue weighted by Crippen LogP contribution is -2.28. The SMILES string of the molecule is CCCC(C)CC(=O)NC(C)c1ccccc1Br. The number of benzene rings is 1. The Kier molecular flexibility index (Phi) is 6.41. The smallest absolute Gasteiger partial charge is 0.220 e. The van der Waals surface area contributed by atoms with Gasteiger partial charge in [0.05, 0.1) is 6.04 Å². The summed E-state index contributed by atoms with van der Waals surface area (Å²) in [5, 5.41) is 3.06. The minimum Gasteiger partial charge on any atom is -0.350 e. The lowest BCUT2D eigenvalue weighted by Gasteiger charge is -2.17. The molecule has 0 spiro atoms. The van der Waals surface area contributed by atoms with Crippen LogP contribution in [0.5, 0.6) is 0 Å². The number of amides is 1. The molecule has 0 saturated heterocycles. The maximum atomic E-state index is 11.9. The van der Waals surface area contributed by atoms with Crippen LogP contribution in [0.1, 0.15) is 51.6 Å². The maximum absolute atomic E-state index is 11.9. The summed E-state index contributed by atoms with van der Waals surface area (Å²) in [5.74, 6) is 0.598. The van der Waals surface area contributed by atoms with E-state index in [1.807, 2.05) is 31.2 Å². The summed E-state index contributed by atoms with van der Waals surface area (Å²) in [6.07, 6.45) is 2.85. The maximum Gasteiger partial charge on any atom is 0.220 e. The third-order valence-corrected chi connectivity index (χ3v) is 3.79. The molecule has 0 aromatic heterocycles. The van der Waals surface area contributed by atoms with Crippen molar-refractivity contribution in [1.29, 1.82) is 0 Å². The molecule has 0 bridgehead atoms. The van der Waals surface area contributed by atoms with Crippen molar-refractivity contribution in [2.45, 2.75) is 46.1 Å². The average molecular weight is 312 g/mol. The van der Waals surface area contributed by atoms with Crippen LogP contribution in [0, 0.1) is 5.92 Å². The molecule has 1 amide bonds. The lowest BCUT2D eigenvalue weighted by atomic mass is 10.0. The van der Waals surface area contributed by atoms with Crippen molar-refractivity contribution in [3.8, 4) is 0 Å². The van der Waals surface area contributed by atoms with Gasteiger partial charge in [-0.15, -0.1) is 0 Å². The molecule has 1 aromatic rings. The van der Waals surface area contributed by atoms with E-state index in [-0.39, 0.29) is 11.9 Å². The number of nitrogens with one attached hydrogen (secondary N) is 1. The van der Waals surface area contributed by atoms with Crippen LogP contribution in [-0.2, 0) is 4.79 Å². The summed E-state index contributed by atoms with van der Waals surface area (Å²) in [6, 6.07) is 8.04. The zero-order valence-corrected chi connectivity index (χ0v) is 13.0. The summed E-state index contributed by atoms with van der Waals surface area (Å²) < 4.78 is 1.04. The van der Waals surface area contributed by atoms with E-state index in [1.54, 1.807) is 0 Å². The van der Waals surface area contributed by atoms with E-state index in [0.29, 0.717) is 12.3 Å². The largest absolute Gasteiger partial charge is 0.350 e. The second kappa shape index (κ2) is 7.57. The fourth-order valence-electron chi connectivity index (χ4n) is 2.12. The number of hydrogen-bond donors (Lipinski definition) is 1. The molecular weight excluding hydrogens is 290 g/mol. The zero-order valence-electron chi connectivity index (χ0n) is 11.4. The Morgan fingerprint density at radius 2 is 2.00 bits per heavy atom. The van der Waals surface area contributed by atoms with E-state index >= 15 is 0 Å². The summed E-state index contributed by atoms with van der Waals surface area (Å²) in [4.78, 5) is 11.9. The van der Waals surface area contributed by atoms with Crippen molar-refractivity contribution >= 4 is 21.8 Å². The van der Waals surface area contributed by atoms with Gasteiger partial charge in [0, 0.05) is 10.9 Å². The number of hydrogen-bond acceptors (Lipinski definition) is 1. The van der Waals surface area contributed by atoms with Crippen LogP contribution in [0.3, 0.4) is 0 Å². The zero-order chi connectivity index (χ0) is 13.5. The van der Waals surface area contributed by atoms with Crippen LogP contribution in [0.15, 0.2) is 28.7 Å². The van der Waals surface area contributed by atoms with Crippen molar-refractivity contribution < 1.29 is 4.79 Å². The number of carbonyl (C=O) groups excluding carboxylic acids is 1. The van der Waals surface area contributed by atoms with Crippen LogP contribution in [-0.4, -0.2) is 5.91 Å². The molecule has 1 aromatic carbocycles. The molecule has 1 rings (SSSR count). The lowest BCUT2D eigenvalue weighted by molar-refractivity contribution is -0.122. The highest BCUT2D eigenvalue weighted by Gasteiger charge is 2.13. The molecule has 0 radical (unpaired) electrons. The van der Waals surface area contributed by atoms with Crippen molar-refractivity contribution in [2.75, 3.05) is 0 Å². The van der Waals surface area contributed by atoms with Gasteiger partial charge in [-0.2, -0.15) is 0 Å². The Bertz CT molecular complexity index is 392. The minimum atomic E-state index is 0.0434. The van der Waals surface area contributed by atoms with Crippen molar-refractivity contribution in [3.05, 3.63) is 34.3 Å². The van der Waals surface area contributed by atoms with Gasteiger partial charge in [-0.3, -0.25) is 4.79 Å². The van der Waals surface area contributed by atoms with Crippen LogP contribution < -0.4 is 5.32 Å². The van der Waals surface area contributed by atoms with Crippen LogP contribution >= 0.6 is 15.9 Å². The van der Waals surface area contributed by atoms with Crippen LogP contribution in [0.2, 0.25) is 0 Å². The van der Waals surface area contributed by atoms with Gasteiger partial charge >= 0.3 is 0 Å². The molecule has 0 aliphatic carbocycles. The molecule has 0 aliphatic rings. The molecular formula is C15H22BrNO. The topological polar surface area (TPSA) is 29.1 Å². The number of halogens is 1. The van der Waals surface area contributed by atoms with Crippen molar-refractivity contribution in [3.63, 3.8) is 0 Å². The number of carbonyl (C=O) groups is 1. The molecule has 0 saturated carbocycles. The molecule has 18 heavy (non-hydrogen) atoms. The molecule has 3 heteroatoms. The fourth-order valence-corrected chi connectivity index (χ4v) is 2.74. The number of rotatable bonds is 6. The molecule has 100 valence electrons. The molecule has 1 N–H and O–H groups in total. The highest BCUT2D eigenvalue weighted by atomic mass is 79.9. The second-order valence-electron chi connectivity index (χ2n) is 4.91. The molecule has 2 nitrogen and oxygen atoms in total. The molecule has 2 unspecified atom stereocenters. The van der Waals surface area contributed by atoms with Gasteiger partial charge in [-0.25, -0.2) is 0 Å². The average Bonchev–Trinajstić information content (AvgIpc) is 2.29. The standard InChI is InChI=1S/C15H22BrNO/c1-4-7-11(2)10-15(18)17-12(3)13-8-5-6-9-14(13)16/h5-6,8-9,11-12H,4,7,10H2,1-3H3,(H,17,18). The second-order valence-corrected chi connectivity index (χ2v) is 5.76. The van der Waals surface area contributed by atoms with E-state index in [9.17, 15) is 4.79 Å². The van der Waals surface area contributed by atoms with Crippen LogP contribution in [0.25, 0.3) is 0 Å². The Hall–Kier alpha value is -0.830. The van der Waals surface area contributed by atoms with Gasteiger partial charge in [0.1, 0.15) is 0 Å². The summed E-state index contributed by atoms with van der Waals surface area (Å²) in [7, 11) is 0. The fraction of sp³-hybridized carbons (Fsp3) is 0.533. The molecule has 0 aliphatic heterocycles. The van der Waals surface area contributed by atoms with Gasteiger partial charge in [0.15, 0.2) is 0 Å². The Labute approximate surface area is 118 Å². The third kappa shape index (κ3) is 4.81. The Morgan fingerprint density at radius 3 is 2.61 bits per heavy atom. The predicted octanol–water partition coefficient (Wildman–Crippen LogP) is 4.45. The summed E-state index contributed by atoms with van der Waals surface area (Å²) in [6.45, 7) is 6.30. The van der Waals surface area contributed by atoms with E-state index in [1.165, 1.54) is 0 Å². The molecule has 2 atom stereocenters. The van der Waals surface area contributed by atoms with Crippen LogP contribution in [0.4, 0.5) is 0 Å².